The summed E-state index contributed by atoms with van der Waals surface area (Å²) >= 11 is 3.02. The standard InChI is InChI=1S/C22H25N3OS2/c1-4-6-17-8-10-18(11-9-17)21(19-7-5-12-27-19)25-20(26)14-28-22-23-15(2)13-16(3)24-22/h5,7-13,21H,4,6,14H2,1-3H3,(H,25,26)/t21-/m1/s1. The molecular weight excluding hydrogens is 386 g/mol. The molecule has 4 nitrogen and oxygen atoms in total. The van der Waals surface area contributed by atoms with Crippen molar-refractivity contribution in [2.45, 2.75) is 44.8 Å². The molecule has 1 aromatic carbocycles. The van der Waals surface area contributed by atoms with E-state index in [1.165, 1.54) is 17.3 Å². The molecule has 146 valence electrons. The van der Waals surface area contributed by atoms with Gasteiger partial charge >= 0.3 is 0 Å². The molecule has 1 amide bonds. The minimum Gasteiger partial charge on any atom is -0.344 e. The average Bonchev–Trinajstić information content (AvgIpc) is 3.19. The Morgan fingerprint density at radius 1 is 1.14 bits per heavy atom. The maximum Gasteiger partial charge on any atom is 0.231 e. The SMILES string of the molecule is CCCc1ccc([C@@H](NC(=O)CSc2nc(C)cc(C)n2)c2cccs2)cc1. The van der Waals surface area contributed by atoms with E-state index in [0.717, 1.165) is 34.7 Å². The van der Waals surface area contributed by atoms with Gasteiger partial charge in [0.25, 0.3) is 0 Å². The van der Waals surface area contributed by atoms with E-state index in [2.05, 4.69) is 52.5 Å². The van der Waals surface area contributed by atoms with Crippen LogP contribution >= 0.6 is 23.1 Å². The Kier molecular flexibility index (Phi) is 7.23. The normalized spacial score (nSPS) is 12.0. The Balaban J connectivity index is 1.70. The van der Waals surface area contributed by atoms with Crippen molar-refractivity contribution in [2.24, 2.45) is 0 Å². The molecule has 0 saturated carbocycles. The van der Waals surface area contributed by atoms with Gasteiger partial charge in [-0.3, -0.25) is 4.79 Å². The summed E-state index contributed by atoms with van der Waals surface area (Å²) in [5, 5.41) is 5.86. The number of amides is 1. The summed E-state index contributed by atoms with van der Waals surface area (Å²) in [6.07, 6.45) is 2.20. The van der Waals surface area contributed by atoms with Crippen LogP contribution in [0.2, 0.25) is 0 Å². The molecule has 0 radical (unpaired) electrons. The van der Waals surface area contributed by atoms with E-state index >= 15 is 0 Å². The first-order valence-electron chi connectivity index (χ1n) is 9.42. The van der Waals surface area contributed by atoms with E-state index in [1.807, 2.05) is 31.4 Å². The number of aromatic nitrogens is 2. The average molecular weight is 412 g/mol. The number of thioether (sulfide) groups is 1. The lowest BCUT2D eigenvalue weighted by Crippen LogP contribution is -2.30. The molecule has 1 N–H and O–H groups in total. The predicted octanol–water partition coefficient (Wildman–Crippen LogP) is 5.11. The molecule has 2 aromatic heterocycles. The number of carbonyl (C=O) groups is 1. The van der Waals surface area contributed by atoms with E-state index in [9.17, 15) is 4.79 Å². The molecule has 1 atom stereocenters. The van der Waals surface area contributed by atoms with E-state index < -0.39 is 0 Å². The van der Waals surface area contributed by atoms with Crippen LogP contribution in [0.1, 0.15) is 46.8 Å². The van der Waals surface area contributed by atoms with Gasteiger partial charge in [-0.1, -0.05) is 55.4 Å². The lowest BCUT2D eigenvalue weighted by Gasteiger charge is -2.18. The third-order valence-corrected chi connectivity index (χ3v) is 6.06. The summed E-state index contributed by atoms with van der Waals surface area (Å²) in [4.78, 5) is 22.6. The second-order valence-electron chi connectivity index (χ2n) is 6.73. The molecule has 0 saturated heterocycles. The molecule has 0 aliphatic rings. The van der Waals surface area contributed by atoms with Crippen LogP contribution in [0.15, 0.2) is 53.0 Å². The highest BCUT2D eigenvalue weighted by molar-refractivity contribution is 7.99. The van der Waals surface area contributed by atoms with Crippen molar-refractivity contribution >= 4 is 29.0 Å². The number of hydrogen-bond acceptors (Lipinski definition) is 5. The number of nitrogens with one attached hydrogen (secondary N) is 1. The minimum absolute atomic E-state index is 0.0243. The Labute approximate surface area is 174 Å². The van der Waals surface area contributed by atoms with Crippen LogP contribution in [0, 0.1) is 13.8 Å². The summed E-state index contributed by atoms with van der Waals surface area (Å²) in [5.41, 5.74) is 4.26. The first-order chi connectivity index (χ1) is 13.5. The van der Waals surface area contributed by atoms with Gasteiger partial charge in [-0.15, -0.1) is 11.3 Å². The summed E-state index contributed by atoms with van der Waals surface area (Å²) in [6.45, 7) is 6.06. The third-order valence-electron chi connectivity index (χ3n) is 4.28. The fourth-order valence-electron chi connectivity index (χ4n) is 3.03. The van der Waals surface area contributed by atoms with Crippen LogP contribution in [0.25, 0.3) is 0 Å². The molecular formula is C22H25N3OS2. The van der Waals surface area contributed by atoms with Crippen LogP contribution in [-0.2, 0) is 11.2 Å². The molecule has 3 rings (SSSR count). The van der Waals surface area contributed by atoms with Crippen molar-refractivity contribution in [1.82, 2.24) is 15.3 Å². The van der Waals surface area contributed by atoms with E-state index in [1.54, 1.807) is 11.3 Å². The lowest BCUT2D eigenvalue weighted by atomic mass is 10.0. The fraction of sp³-hybridized carbons (Fsp3) is 0.318. The highest BCUT2D eigenvalue weighted by Gasteiger charge is 2.18. The van der Waals surface area contributed by atoms with E-state index in [-0.39, 0.29) is 11.9 Å². The maximum atomic E-state index is 12.7. The largest absolute Gasteiger partial charge is 0.344 e. The molecule has 0 fully saturated rings. The molecule has 28 heavy (non-hydrogen) atoms. The molecule has 2 heterocycles. The van der Waals surface area contributed by atoms with Gasteiger partial charge in [0.15, 0.2) is 5.16 Å². The van der Waals surface area contributed by atoms with Crippen LogP contribution in [0.3, 0.4) is 0 Å². The number of hydrogen-bond donors (Lipinski definition) is 1. The molecule has 0 unspecified atom stereocenters. The number of carbonyl (C=O) groups excluding carboxylic acids is 1. The third kappa shape index (κ3) is 5.66. The molecule has 0 spiro atoms. The van der Waals surface area contributed by atoms with Crippen molar-refractivity contribution in [3.8, 4) is 0 Å². The van der Waals surface area contributed by atoms with Gasteiger partial charge in [0.05, 0.1) is 11.8 Å². The van der Waals surface area contributed by atoms with Gasteiger partial charge in [-0.05, 0) is 48.9 Å². The first kappa shape index (κ1) is 20.6. The maximum absolute atomic E-state index is 12.7. The smallest absolute Gasteiger partial charge is 0.231 e. The fourth-order valence-corrected chi connectivity index (χ4v) is 4.59. The van der Waals surface area contributed by atoms with Gasteiger partial charge in [0, 0.05) is 16.3 Å². The quantitative estimate of drug-likeness (QED) is 0.414. The second-order valence-corrected chi connectivity index (χ2v) is 8.65. The first-order valence-corrected chi connectivity index (χ1v) is 11.3. The van der Waals surface area contributed by atoms with Crippen LogP contribution in [-0.4, -0.2) is 21.6 Å². The predicted molar refractivity (Wildman–Crippen MR) is 117 cm³/mol. The lowest BCUT2D eigenvalue weighted by molar-refractivity contribution is -0.119. The molecule has 0 aliphatic carbocycles. The zero-order valence-electron chi connectivity index (χ0n) is 16.4. The Morgan fingerprint density at radius 2 is 1.86 bits per heavy atom. The topological polar surface area (TPSA) is 54.9 Å². The van der Waals surface area contributed by atoms with Gasteiger partial charge < -0.3 is 5.32 Å². The molecule has 0 bridgehead atoms. The monoisotopic (exact) mass is 411 g/mol. The zero-order chi connectivity index (χ0) is 19.9. The van der Waals surface area contributed by atoms with Gasteiger partial charge in [0.1, 0.15) is 0 Å². The van der Waals surface area contributed by atoms with Crippen LogP contribution in [0.5, 0.6) is 0 Å². The van der Waals surface area contributed by atoms with Crippen LogP contribution in [0.4, 0.5) is 0 Å². The van der Waals surface area contributed by atoms with Crippen LogP contribution < -0.4 is 5.32 Å². The molecule has 6 heteroatoms. The molecule has 3 aromatic rings. The van der Waals surface area contributed by atoms with Crippen molar-refractivity contribution in [2.75, 3.05) is 5.75 Å². The zero-order valence-corrected chi connectivity index (χ0v) is 18.1. The van der Waals surface area contributed by atoms with Gasteiger partial charge in [0.2, 0.25) is 5.91 Å². The number of aryl methyl sites for hydroxylation is 3. The Hall–Kier alpha value is -2.18. The van der Waals surface area contributed by atoms with Gasteiger partial charge in [-0.25, -0.2) is 9.97 Å². The Bertz CT molecular complexity index is 888. The number of rotatable bonds is 8. The number of nitrogens with zero attached hydrogens (tertiary/aromatic N) is 2. The van der Waals surface area contributed by atoms with Crippen molar-refractivity contribution < 1.29 is 4.79 Å². The summed E-state index contributed by atoms with van der Waals surface area (Å²) in [6, 6.07) is 14.4. The van der Waals surface area contributed by atoms with E-state index in [0.29, 0.717) is 10.9 Å². The summed E-state index contributed by atoms with van der Waals surface area (Å²) in [7, 11) is 0. The highest BCUT2D eigenvalue weighted by atomic mass is 32.2. The van der Waals surface area contributed by atoms with Gasteiger partial charge in [-0.2, -0.15) is 0 Å². The number of benzene rings is 1. The van der Waals surface area contributed by atoms with E-state index in [4.69, 9.17) is 0 Å². The summed E-state index contributed by atoms with van der Waals surface area (Å²) in [5.74, 6) is 0.266. The summed E-state index contributed by atoms with van der Waals surface area (Å²) < 4.78 is 0. The van der Waals surface area contributed by atoms with Crippen molar-refractivity contribution in [3.05, 3.63) is 75.2 Å². The van der Waals surface area contributed by atoms with Crippen molar-refractivity contribution in [1.29, 1.82) is 0 Å². The number of thiophene rings is 1. The second kappa shape index (κ2) is 9.85. The minimum atomic E-state index is -0.135. The van der Waals surface area contributed by atoms with Crippen molar-refractivity contribution in [3.63, 3.8) is 0 Å². The highest BCUT2D eigenvalue weighted by Crippen LogP contribution is 2.27. The Morgan fingerprint density at radius 3 is 2.46 bits per heavy atom. The molecule has 0 aliphatic heterocycles.